The summed E-state index contributed by atoms with van der Waals surface area (Å²) in [4.78, 5) is 32.1. The summed E-state index contributed by atoms with van der Waals surface area (Å²) in [6.45, 7) is 2.82. The van der Waals surface area contributed by atoms with E-state index in [0.717, 1.165) is 0 Å². The van der Waals surface area contributed by atoms with Crippen LogP contribution in [0.25, 0.3) is 0 Å². The van der Waals surface area contributed by atoms with Crippen molar-refractivity contribution in [3.8, 4) is 5.75 Å². The van der Waals surface area contributed by atoms with Crippen LogP contribution in [0.2, 0.25) is 5.02 Å². The maximum atomic E-state index is 12.4. The lowest BCUT2D eigenvalue weighted by Crippen LogP contribution is -2.49. The van der Waals surface area contributed by atoms with Crippen molar-refractivity contribution in [1.82, 2.24) is 9.88 Å². The van der Waals surface area contributed by atoms with Crippen LogP contribution in [-0.2, 0) is 4.79 Å². The standard InChI is InChI=1S/C20H23ClN4O3/c21-16-6-1-2-7-17(16)28-14-4-8-18(26)24-10-12-25(13-11-24)20-15(19(22)27)5-3-9-23-20/h1-3,5-7,9H,4,8,10-14H2,(H2,22,27). The first-order valence-corrected chi connectivity index (χ1v) is 9.59. The number of halogens is 1. The van der Waals surface area contributed by atoms with Crippen LogP contribution in [0.1, 0.15) is 23.2 Å². The third kappa shape index (κ3) is 4.92. The molecule has 1 aliphatic rings. The average molecular weight is 403 g/mol. The number of nitrogens with two attached hydrogens (primary N) is 1. The first-order chi connectivity index (χ1) is 13.6. The molecule has 2 heterocycles. The number of hydrogen-bond donors (Lipinski definition) is 1. The van der Waals surface area contributed by atoms with Gasteiger partial charge in [0.2, 0.25) is 5.91 Å². The van der Waals surface area contributed by atoms with Crippen LogP contribution in [0.5, 0.6) is 5.75 Å². The van der Waals surface area contributed by atoms with Crippen LogP contribution in [0, 0.1) is 0 Å². The van der Waals surface area contributed by atoms with Gasteiger partial charge in [0.15, 0.2) is 0 Å². The van der Waals surface area contributed by atoms with E-state index in [2.05, 4.69) is 4.98 Å². The zero-order valence-electron chi connectivity index (χ0n) is 15.5. The Morgan fingerprint density at radius 1 is 1.11 bits per heavy atom. The molecule has 0 spiro atoms. The molecule has 1 aliphatic heterocycles. The molecule has 0 radical (unpaired) electrons. The Kier molecular flexibility index (Phi) is 6.71. The Morgan fingerprint density at radius 3 is 2.57 bits per heavy atom. The van der Waals surface area contributed by atoms with Gasteiger partial charge in [0, 0.05) is 38.8 Å². The number of nitrogens with zero attached hydrogens (tertiary/aromatic N) is 3. The van der Waals surface area contributed by atoms with E-state index in [1.54, 1.807) is 30.5 Å². The van der Waals surface area contributed by atoms with Crippen molar-refractivity contribution < 1.29 is 14.3 Å². The number of amides is 2. The molecule has 0 atom stereocenters. The molecule has 0 saturated carbocycles. The number of carbonyl (C=O) groups excluding carboxylic acids is 2. The number of ether oxygens (including phenoxy) is 1. The third-order valence-electron chi connectivity index (χ3n) is 4.61. The number of benzene rings is 1. The van der Waals surface area contributed by atoms with Crippen molar-refractivity contribution in [1.29, 1.82) is 0 Å². The van der Waals surface area contributed by atoms with Crippen molar-refractivity contribution in [3.05, 3.63) is 53.2 Å². The molecule has 0 aliphatic carbocycles. The maximum Gasteiger partial charge on any atom is 0.252 e. The van der Waals surface area contributed by atoms with Gasteiger partial charge < -0.3 is 20.3 Å². The lowest BCUT2D eigenvalue weighted by atomic mass is 10.2. The number of pyridine rings is 1. The molecule has 1 fully saturated rings. The fraction of sp³-hybridized carbons (Fsp3) is 0.350. The van der Waals surface area contributed by atoms with Gasteiger partial charge in [0.1, 0.15) is 11.6 Å². The maximum absolute atomic E-state index is 12.4. The molecule has 28 heavy (non-hydrogen) atoms. The van der Waals surface area contributed by atoms with Gasteiger partial charge in [0.25, 0.3) is 5.91 Å². The lowest BCUT2D eigenvalue weighted by molar-refractivity contribution is -0.131. The van der Waals surface area contributed by atoms with Crippen LogP contribution in [0.15, 0.2) is 42.6 Å². The molecule has 1 aromatic heterocycles. The molecule has 1 saturated heterocycles. The highest BCUT2D eigenvalue weighted by molar-refractivity contribution is 6.32. The molecule has 0 bridgehead atoms. The van der Waals surface area contributed by atoms with Gasteiger partial charge >= 0.3 is 0 Å². The largest absolute Gasteiger partial charge is 0.492 e. The van der Waals surface area contributed by atoms with E-state index in [-0.39, 0.29) is 5.91 Å². The third-order valence-corrected chi connectivity index (χ3v) is 4.93. The molecule has 2 N–H and O–H groups in total. The van der Waals surface area contributed by atoms with E-state index in [0.29, 0.717) is 67.8 Å². The second kappa shape index (κ2) is 9.41. The topological polar surface area (TPSA) is 88.8 Å². The van der Waals surface area contributed by atoms with Crippen molar-refractivity contribution >= 4 is 29.2 Å². The summed E-state index contributed by atoms with van der Waals surface area (Å²) in [5, 5.41) is 0.565. The fourth-order valence-electron chi connectivity index (χ4n) is 3.13. The lowest BCUT2D eigenvalue weighted by Gasteiger charge is -2.36. The Bertz CT molecular complexity index is 838. The van der Waals surface area contributed by atoms with E-state index in [1.807, 2.05) is 21.9 Å². The van der Waals surface area contributed by atoms with Gasteiger partial charge in [-0.15, -0.1) is 0 Å². The summed E-state index contributed by atoms with van der Waals surface area (Å²) in [5.41, 5.74) is 5.83. The molecule has 2 amide bonds. The first-order valence-electron chi connectivity index (χ1n) is 9.21. The van der Waals surface area contributed by atoms with E-state index >= 15 is 0 Å². The number of hydrogen-bond acceptors (Lipinski definition) is 5. The fourth-order valence-corrected chi connectivity index (χ4v) is 3.32. The highest BCUT2D eigenvalue weighted by Crippen LogP contribution is 2.23. The highest BCUT2D eigenvalue weighted by Gasteiger charge is 2.24. The molecule has 3 rings (SSSR count). The van der Waals surface area contributed by atoms with Crippen molar-refractivity contribution in [2.24, 2.45) is 5.73 Å². The zero-order chi connectivity index (χ0) is 19.9. The number of anilines is 1. The van der Waals surface area contributed by atoms with Gasteiger partial charge in [-0.3, -0.25) is 9.59 Å². The number of piperazine rings is 1. The van der Waals surface area contributed by atoms with Gasteiger partial charge in [0.05, 0.1) is 17.2 Å². The molecule has 2 aromatic rings. The molecular weight excluding hydrogens is 380 g/mol. The van der Waals surface area contributed by atoms with Crippen LogP contribution in [0.3, 0.4) is 0 Å². The average Bonchev–Trinajstić information content (AvgIpc) is 2.72. The smallest absolute Gasteiger partial charge is 0.252 e. The number of rotatable bonds is 7. The second-order valence-corrected chi connectivity index (χ2v) is 6.90. The molecule has 148 valence electrons. The number of primary amides is 1. The number of para-hydroxylation sites is 1. The number of aromatic nitrogens is 1. The molecular formula is C20H23ClN4O3. The molecule has 0 unspecified atom stereocenters. The normalized spacial score (nSPS) is 14.0. The van der Waals surface area contributed by atoms with E-state index in [9.17, 15) is 9.59 Å². The van der Waals surface area contributed by atoms with Crippen LogP contribution in [-0.4, -0.2) is 54.5 Å². The minimum Gasteiger partial charge on any atom is -0.492 e. The van der Waals surface area contributed by atoms with Crippen molar-refractivity contribution in [2.45, 2.75) is 12.8 Å². The summed E-state index contributed by atoms with van der Waals surface area (Å²) in [7, 11) is 0. The summed E-state index contributed by atoms with van der Waals surface area (Å²) >= 11 is 6.04. The van der Waals surface area contributed by atoms with Crippen molar-refractivity contribution in [2.75, 3.05) is 37.7 Å². The minimum atomic E-state index is -0.500. The molecule has 1 aromatic carbocycles. The van der Waals surface area contributed by atoms with Gasteiger partial charge in [-0.25, -0.2) is 4.98 Å². The molecule has 7 nitrogen and oxygen atoms in total. The van der Waals surface area contributed by atoms with E-state index in [1.165, 1.54) is 0 Å². The Morgan fingerprint density at radius 2 is 1.86 bits per heavy atom. The van der Waals surface area contributed by atoms with Crippen LogP contribution >= 0.6 is 11.6 Å². The second-order valence-electron chi connectivity index (χ2n) is 6.49. The first kappa shape index (κ1) is 19.9. The predicted octanol–water partition coefficient (Wildman–Crippen LogP) is 2.34. The van der Waals surface area contributed by atoms with Crippen LogP contribution in [0.4, 0.5) is 5.82 Å². The van der Waals surface area contributed by atoms with Gasteiger partial charge in [-0.1, -0.05) is 23.7 Å². The number of carbonyl (C=O) groups is 2. The van der Waals surface area contributed by atoms with E-state index in [4.69, 9.17) is 22.1 Å². The summed E-state index contributed by atoms with van der Waals surface area (Å²) in [6, 6.07) is 10.6. The quantitative estimate of drug-likeness (QED) is 0.718. The Hall–Kier alpha value is -2.80. The summed E-state index contributed by atoms with van der Waals surface area (Å²) in [5.74, 6) is 0.805. The summed E-state index contributed by atoms with van der Waals surface area (Å²) < 4.78 is 5.62. The zero-order valence-corrected chi connectivity index (χ0v) is 16.3. The monoisotopic (exact) mass is 402 g/mol. The SMILES string of the molecule is NC(=O)c1cccnc1N1CCN(C(=O)CCCOc2ccccc2Cl)CC1. The van der Waals surface area contributed by atoms with E-state index < -0.39 is 5.91 Å². The summed E-state index contributed by atoms with van der Waals surface area (Å²) in [6.07, 6.45) is 2.68. The van der Waals surface area contributed by atoms with Gasteiger partial charge in [-0.2, -0.15) is 0 Å². The highest BCUT2D eigenvalue weighted by atomic mass is 35.5. The van der Waals surface area contributed by atoms with Gasteiger partial charge in [-0.05, 0) is 30.7 Å². The Labute approximate surface area is 169 Å². The van der Waals surface area contributed by atoms with Crippen molar-refractivity contribution in [3.63, 3.8) is 0 Å². The predicted molar refractivity (Wildman–Crippen MR) is 108 cm³/mol. The van der Waals surface area contributed by atoms with Crippen LogP contribution < -0.4 is 15.4 Å². The Balaban J connectivity index is 1.44. The molecule has 8 heteroatoms. The minimum absolute atomic E-state index is 0.0959.